The van der Waals surface area contributed by atoms with Crippen LogP contribution in [0.4, 0.5) is 4.39 Å². The lowest BCUT2D eigenvalue weighted by molar-refractivity contribution is -0.218. The van der Waals surface area contributed by atoms with Crippen molar-refractivity contribution in [3.8, 4) is 0 Å². The molecule has 1 fully saturated rings. The molecule has 9 nitrogen and oxygen atoms in total. The Kier molecular flexibility index (Phi) is 5.93. The number of carboxylic acids is 1. The highest BCUT2D eigenvalue weighted by molar-refractivity contribution is 5.73. The number of hydrogen-bond acceptors (Lipinski definition) is 8. The monoisotopic (exact) mass is 357 g/mol. The van der Waals surface area contributed by atoms with Gasteiger partial charge in [0.25, 0.3) is 0 Å². The number of aliphatic hydroxyl groups is 3. The Morgan fingerprint density at radius 3 is 2.60 bits per heavy atom. The number of carbonyl (C=O) groups is 1. The number of aliphatic hydroxyl groups excluding tert-OH is 3. The highest BCUT2D eigenvalue weighted by Gasteiger charge is 2.49. The van der Waals surface area contributed by atoms with Gasteiger partial charge in [-0.25, -0.2) is 15.0 Å². The minimum Gasteiger partial charge on any atom is -0.479 e. The van der Waals surface area contributed by atoms with Crippen LogP contribution >= 0.6 is 0 Å². The van der Waals surface area contributed by atoms with Gasteiger partial charge in [0.2, 0.25) is 0 Å². The predicted molar refractivity (Wildman–Crippen MR) is 83.8 cm³/mol. The minimum atomic E-state index is -1.70. The molecule has 1 heterocycles. The molecule has 10 heteroatoms. The summed E-state index contributed by atoms with van der Waals surface area (Å²) in [5.74, 6) is 3.83. The number of halogens is 1. The lowest BCUT2D eigenvalue weighted by Gasteiger charge is -2.43. The molecule has 25 heavy (non-hydrogen) atoms. The summed E-state index contributed by atoms with van der Waals surface area (Å²) >= 11 is 0. The summed E-state index contributed by atoms with van der Waals surface area (Å²) in [5, 5.41) is 39.6. The Balaban J connectivity index is 2.29. The molecule has 0 aliphatic carbocycles. The maximum Gasteiger partial charge on any atom is 0.335 e. The third kappa shape index (κ3) is 4.06. The maximum absolute atomic E-state index is 13.3. The van der Waals surface area contributed by atoms with E-state index in [0.29, 0.717) is 5.56 Å². The number of nitrogens with zero attached hydrogens (tertiary/aromatic N) is 1. The van der Waals surface area contributed by atoms with E-state index in [1.807, 2.05) is 0 Å². The van der Waals surface area contributed by atoms with Crippen molar-refractivity contribution >= 4 is 11.7 Å². The van der Waals surface area contributed by atoms with E-state index in [2.05, 4.69) is 0 Å². The van der Waals surface area contributed by atoms with Gasteiger partial charge in [0.1, 0.15) is 30.2 Å². The highest BCUT2D eigenvalue weighted by atomic mass is 19.1. The standard InChI is InChI=1S/C15H20FN3O6/c16-8-3-1-2-7(4-8)9(17)5-19(18)11-12(21)10(6-20)25-14(13(11)22)15(23)24/h1-5,10-14,20-22H,6,17-18H2,(H,23,24)/b9-5-/t10-,11+,12+,13-,14-/m1/s1. The first-order chi connectivity index (χ1) is 11.8. The van der Waals surface area contributed by atoms with Crippen LogP contribution in [-0.2, 0) is 9.53 Å². The Bertz CT molecular complexity index is 658. The average Bonchev–Trinajstić information content (AvgIpc) is 2.54. The molecule has 0 radical (unpaired) electrons. The van der Waals surface area contributed by atoms with Crippen molar-refractivity contribution in [2.45, 2.75) is 30.5 Å². The van der Waals surface area contributed by atoms with Crippen molar-refractivity contribution in [3.63, 3.8) is 0 Å². The molecule has 0 unspecified atom stereocenters. The third-order valence-corrected chi connectivity index (χ3v) is 3.93. The van der Waals surface area contributed by atoms with Crippen LogP contribution in [0.5, 0.6) is 0 Å². The lowest BCUT2D eigenvalue weighted by Crippen LogP contribution is -2.66. The van der Waals surface area contributed by atoms with Gasteiger partial charge in [0.05, 0.1) is 12.3 Å². The Morgan fingerprint density at radius 1 is 1.36 bits per heavy atom. The van der Waals surface area contributed by atoms with Gasteiger partial charge in [-0.3, -0.25) is 0 Å². The van der Waals surface area contributed by atoms with Gasteiger partial charge in [-0.2, -0.15) is 0 Å². The number of aliphatic carboxylic acids is 1. The van der Waals surface area contributed by atoms with Crippen LogP contribution in [0.1, 0.15) is 5.56 Å². The molecule has 0 saturated carbocycles. The second kappa shape index (κ2) is 7.76. The maximum atomic E-state index is 13.3. The highest BCUT2D eigenvalue weighted by Crippen LogP contribution is 2.25. The van der Waals surface area contributed by atoms with Crippen LogP contribution in [0.15, 0.2) is 30.5 Å². The lowest BCUT2D eigenvalue weighted by atomic mass is 9.92. The fourth-order valence-electron chi connectivity index (χ4n) is 2.65. The van der Waals surface area contributed by atoms with Gasteiger partial charge < -0.3 is 35.9 Å². The third-order valence-electron chi connectivity index (χ3n) is 3.93. The second-order valence-corrected chi connectivity index (χ2v) is 5.63. The molecule has 1 aromatic rings. The number of ether oxygens (including phenoxy) is 1. The number of nitrogens with two attached hydrogens (primary N) is 2. The molecule has 0 amide bonds. The van der Waals surface area contributed by atoms with Crippen molar-refractivity contribution in [1.29, 1.82) is 0 Å². The van der Waals surface area contributed by atoms with Gasteiger partial charge in [0.15, 0.2) is 6.10 Å². The van der Waals surface area contributed by atoms with Crippen LogP contribution in [0.3, 0.4) is 0 Å². The zero-order valence-electron chi connectivity index (χ0n) is 13.1. The SMILES string of the molecule is N/C(=C\N(N)[C@H]1[C@@H](O)[C@@H](CO)O[C@@H](C(=O)O)[C@@H]1O)c1cccc(F)c1. The molecule has 2 rings (SSSR count). The number of rotatable bonds is 5. The van der Waals surface area contributed by atoms with Crippen LogP contribution < -0.4 is 11.6 Å². The number of hydrogen-bond donors (Lipinski definition) is 6. The predicted octanol–water partition coefficient (Wildman–Crippen LogP) is -1.81. The molecule has 1 aliphatic heterocycles. The van der Waals surface area contributed by atoms with E-state index < -0.39 is 48.9 Å². The van der Waals surface area contributed by atoms with E-state index in [1.165, 1.54) is 18.2 Å². The van der Waals surface area contributed by atoms with E-state index in [4.69, 9.17) is 21.4 Å². The summed E-state index contributed by atoms with van der Waals surface area (Å²) in [7, 11) is 0. The van der Waals surface area contributed by atoms with Gasteiger partial charge in [-0.1, -0.05) is 12.1 Å². The van der Waals surface area contributed by atoms with Crippen molar-refractivity contribution in [1.82, 2.24) is 5.01 Å². The number of benzene rings is 1. The zero-order chi connectivity index (χ0) is 18.7. The minimum absolute atomic E-state index is 0.0281. The molecule has 1 saturated heterocycles. The van der Waals surface area contributed by atoms with E-state index >= 15 is 0 Å². The topological polar surface area (TPSA) is 162 Å². The molecule has 1 aromatic carbocycles. The average molecular weight is 357 g/mol. The summed E-state index contributed by atoms with van der Waals surface area (Å²) in [6.07, 6.45) is -5.01. The van der Waals surface area contributed by atoms with E-state index in [-0.39, 0.29) is 5.70 Å². The first-order valence-corrected chi connectivity index (χ1v) is 7.37. The fourth-order valence-corrected chi connectivity index (χ4v) is 2.65. The summed E-state index contributed by atoms with van der Waals surface area (Å²) in [6.45, 7) is -0.675. The smallest absolute Gasteiger partial charge is 0.335 e. The first kappa shape index (κ1) is 19.1. The van der Waals surface area contributed by atoms with Crippen molar-refractivity contribution in [3.05, 3.63) is 41.8 Å². The molecule has 1 aliphatic rings. The van der Waals surface area contributed by atoms with Crippen LogP contribution in [-0.4, -0.2) is 68.5 Å². The number of hydrazine groups is 1. The molecule has 0 aromatic heterocycles. The molecule has 8 N–H and O–H groups in total. The summed E-state index contributed by atoms with van der Waals surface area (Å²) in [6, 6.07) is 4.03. The van der Waals surface area contributed by atoms with Crippen molar-refractivity contribution in [2.24, 2.45) is 11.6 Å². The van der Waals surface area contributed by atoms with E-state index in [1.54, 1.807) is 0 Å². The van der Waals surface area contributed by atoms with Crippen LogP contribution in [0.25, 0.3) is 5.70 Å². The summed E-state index contributed by atoms with van der Waals surface area (Å²) in [5.41, 5.74) is 6.17. The van der Waals surface area contributed by atoms with E-state index in [9.17, 15) is 24.5 Å². The van der Waals surface area contributed by atoms with Crippen LogP contribution in [0, 0.1) is 5.82 Å². The Labute approximate surface area is 142 Å². The number of carboxylic acid groups (broad SMARTS) is 1. The first-order valence-electron chi connectivity index (χ1n) is 7.37. The summed E-state index contributed by atoms with van der Waals surface area (Å²) < 4.78 is 18.2. The quantitative estimate of drug-likeness (QED) is 0.263. The molecular formula is C15H20FN3O6. The fraction of sp³-hybridized carbons (Fsp3) is 0.400. The van der Waals surface area contributed by atoms with Gasteiger partial charge in [-0.05, 0) is 12.1 Å². The Hall–Kier alpha value is -2.24. The van der Waals surface area contributed by atoms with Crippen LogP contribution in [0.2, 0.25) is 0 Å². The molecule has 5 atom stereocenters. The molecule has 0 bridgehead atoms. The molecule has 138 valence electrons. The Morgan fingerprint density at radius 2 is 2.04 bits per heavy atom. The van der Waals surface area contributed by atoms with Gasteiger partial charge >= 0.3 is 5.97 Å². The molecular weight excluding hydrogens is 337 g/mol. The largest absolute Gasteiger partial charge is 0.479 e. The van der Waals surface area contributed by atoms with E-state index in [0.717, 1.165) is 17.3 Å². The summed E-state index contributed by atoms with van der Waals surface area (Å²) in [4.78, 5) is 11.2. The molecule has 0 spiro atoms. The zero-order valence-corrected chi connectivity index (χ0v) is 13.1. The van der Waals surface area contributed by atoms with Gasteiger partial charge in [-0.15, -0.1) is 0 Å². The van der Waals surface area contributed by atoms with Gasteiger partial charge in [0, 0.05) is 11.8 Å². The second-order valence-electron chi connectivity index (χ2n) is 5.63. The normalized spacial score (nSPS) is 30.1. The van der Waals surface area contributed by atoms with Crippen molar-refractivity contribution in [2.75, 3.05) is 6.61 Å². The van der Waals surface area contributed by atoms with Crippen molar-refractivity contribution < 1.29 is 34.3 Å².